The molecule has 0 unspecified atom stereocenters. The van der Waals surface area contributed by atoms with Gasteiger partial charge in [-0.05, 0) is 59.3 Å². The van der Waals surface area contributed by atoms with Crippen molar-refractivity contribution in [3.8, 4) is 23.2 Å². The van der Waals surface area contributed by atoms with E-state index < -0.39 is 0 Å². The quantitative estimate of drug-likeness (QED) is 0.306. The topological polar surface area (TPSA) is 103 Å². The molecule has 9 nitrogen and oxygen atoms in total. The first kappa shape index (κ1) is 21.6. The smallest absolute Gasteiger partial charge is 0.346 e. The van der Waals surface area contributed by atoms with Gasteiger partial charge in [0.15, 0.2) is 11.5 Å². The number of tetrazole rings is 1. The molecule has 0 saturated heterocycles. The van der Waals surface area contributed by atoms with Gasteiger partial charge in [-0.3, -0.25) is 0 Å². The molecule has 0 saturated carbocycles. The van der Waals surface area contributed by atoms with Crippen LogP contribution in [-0.2, 0) is 13.0 Å². The van der Waals surface area contributed by atoms with E-state index in [0.29, 0.717) is 24.7 Å². The van der Waals surface area contributed by atoms with Crippen molar-refractivity contribution in [2.45, 2.75) is 19.9 Å². The Hall–Kier alpha value is -4.24. The molecule has 0 bridgehead atoms. The third-order valence-corrected chi connectivity index (χ3v) is 5.26. The fourth-order valence-corrected chi connectivity index (χ4v) is 3.65. The molecule has 3 aromatic carbocycles. The molecule has 2 heterocycles. The molecule has 2 aromatic heterocycles. The lowest BCUT2D eigenvalue weighted by atomic mass is 10.2. The molecular weight excluding hydrogens is 430 g/mol. The van der Waals surface area contributed by atoms with E-state index >= 15 is 0 Å². The Morgan fingerprint density at radius 3 is 2.68 bits per heavy atom. The van der Waals surface area contributed by atoms with Crippen molar-refractivity contribution in [2.24, 2.45) is 0 Å². The molecule has 0 atom stereocenters. The van der Waals surface area contributed by atoms with Gasteiger partial charge in [-0.15, -0.1) is 0 Å². The molecule has 0 aliphatic heterocycles. The number of benzene rings is 3. The molecule has 0 radical (unpaired) electrons. The standard InChI is InChI=1S/C25H25N7O2/c1-2-33-23-16-18(17-26-15-14-24-27-20-10-6-7-11-21(20)28-24)12-13-22(23)34-25-29-30-31-32(25)19-8-4-3-5-9-19/h3-13,16,26H,2,14-15,17H2,1H3,(H,27,28). The molecular formula is C25H25N7O2. The Morgan fingerprint density at radius 2 is 1.82 bits per heavy atom. The molecule has 172 valence electrons. The maximum Gasteiger partial charge on any atom is 0.346 e. The van der Waals surface area contributed by atoms with E-state index in [2.05, 4.69) is 30.8 Å². The van der Waals surface area contributed by atoms with Gasteiger partial charge in [-0.25, -0.2) is 4.98 Å². The summed E-state index contributed by atoms with van der Waals surface area (Å²) in [5, 5.41) is 15.3. The molecule has 0 spiro atoms. The van der Waals surface area contributed by atoms with Crippen molar-refractivity contribution in [1.82, 2.24) is 35.5 Å². The zero-order valence-electron chi connectivity index (χ0n) is 18.8. The van der Waals surface area contributed by atoms with Crippen molar-refractivity contribution >= 4 is 11.0 Å². The van der Waals surface area contributed by atoms with Gasteiger partial charge in [0.05, 0.1) is 23.3 Å². The summed E-state index contributed by atoms with van der Waals surface area (Å²) in [5.41, 5.74) is 3.95. The van der Waals surface area contributed by atoms with Gasteiger partial charge in [-0.1, -0.05) is 41.5 Å². The van der Waals surface area contributed by atoms with E-state index in [4.69, 9.17) is 9.47 Å². The van der Waals surface area contributed by atoms with Crippen LogP contribution in [-0.4, -0.2) is 43.3 Å². The van der Waals surface area contributed by atoms with Gasteiger partial charge in [0.1, 0.15) is 5.82 Å². The van der Waals surface area contributed by atoms with Crippen LogP contribution in [0.4, 0.5) is 0 Å². The summed E-state index contributed by atoms with van der Waals surface area (Å²) in [6.07, 6.45) is 0.816. The molecule has 5 aromatic rings. The lowest BCUT2D eigenvalue weighted by molar-refractivity contribution is 0.315. The van der Waals surface area contributed by atoms with E-state index in [0.717, 1.165) is 41.1 Å². The number of aromatic nitrogens is 6. The minimum absolute atomic E-state index is 0.267. The monoisotopic (exact) mass is 455 g/mol. The predicted octanol–water partition coefficient (Wildman–Crippen LogP) is 4.06. The zero-order valence-corrected chi connectivity index (χ0v) is 18.8. The first-order chi connectivity index (χ1) is 16.8. The van der Waals surface area contributed by atoms with Gasteiger partial charge in [0, 0.05) is 19.5 Å². The van der Waals surface area contributed by atoms with E-state index in [1.807, 2.05) is 79.7 Å². The van der Waals surface area contributed by atoms with Crippen LogP contribution < -0.4 is 14.8 Å². The largest absolute Gasteiger partial charge is 0.490 e. The summed E-state index contributed by atoms with van der Waals surface area (Å²) in [6, 6.07) is 23.8. The number of hydrogen-bond donors (Lipinski definition) is 2. The van der Waals surface area contributed by atoms with Crippen molar-refractivity contribution in [2.75, 3.05) is 13.2 Å². The number of para-hydroxylation sites is 3. The summed E-state index contributed by atoms with van der Waals surface area (Å²) in [7, 11) is 0. The molecule has 0 amide bonds. The van der Waals surface area contributed by atoms with Crippen LogP contribution in [0, 0.1) is 0 Å². The normalized spacial score (nSPS) is 11.1. The number of nitrogens with zero attached hydrogens (tertiary/aromatic N) is 5. The lowest BCUT2D eigenvalue weighted by Crippen LogP contribution is -2.17. The van der Waals surface area contributed by atoms with Crippen molar-refractivity contribution in [1.29, 1.82) is 0 Å². The molecule has 34 heavy (non-hydrogen) atoms. The van der Waals surface area contributed by atoms with Crippen LogP contribution in [0.25, 0.3) is 16.7 Å². The average Bonchev–Trinajstić information content (AvgIpc) is 3.50. The number of fused-ring (bicyclic) bond motifs is 1. The molecule has 9 heteroatoms. The fraction of sp³-hybridized carbons (Fsp3) is 0.200. The number of rotatable bonds is 10. The Kier molecular flexibility index (Phi) is 6.44. The summed E-state index contributed by atoms with van der Waals surface area (Å²) in [5.74, 6) is 2.17. The SMILES string of the molecule is CCOc1cc(CNCCc2nc3ccccc3[nH]2)ccc1Oc1nnnn1-c1ccccc1. The lowest BCUT2D eigenvalue weighted by Gasteiger charge is -2.13. The molecule has 0 aliphatic carbocycles. The Balaban J connectivity index is 1.23. The van der Waals surface area contributed by atoms with Crippen molar-refractivity contribution in [3.05, 3.63) is 84.2 Å². The van der Waals surface area contributed by atoms with Gasteiger partial charge in [0.25, 0.3) is 0 Å². The third-order valence-electron chi connectivity index (χ3n) is 5.26. The van der Waals surface area contributed by atoms with Gasteiger partial charge < -0.3 is 19.8 Å². The van der Waals surface area contributed by atoms with Crippen LogP contribution in [0.3, 0.4) is 0 Å². The van der Waals surface area contributed by atoms with E-state index in [9.17, 15) is 0 Å². The minimum atomic E-state index is 0.267. The maximum atomic E-state index is 6.02. The first-order valence-corrected chi connectivity index (χ1v) is 11.2. The highest BCUT2D eigenvalue weighted by molar-refractivity contribution is 5.74. The number of hydrogen-bond acceptors (Lipinski definition) is 7. The summed E-state index contributed by atoms with van der Waals surface area (Å²) in [6.45, 7) is 3.95. The Morgan fingerprint density at radius 1 is 0.971 bits per heavy atom. The Labute approximate surface area is 196 Å². The van der Waals surface area contributed by atoms with E-state index in [1.165, 1.54) is 0 Å². The Bertz CT molecular complexity index is 1330. The third kappa shape index (κ3) is 4.89. The highest BCUT2D eigenvalue weighted by Gasteiger charge is 2.14. The molecule has 0 fully saturated rings. The average molecular weight is 456 g/mol. The van der Waals surface area contributed by atoms with Crippen LogP contribution in [0.2, 0.25) is 0 Å². The zero-order chi connectivity index (χ0) is 23.2. The second kappa shape index (κ2) is 10.1. The highest BCUT2D eigenvalue weighted by atomic mass is 16.5. The number of imidazole rings is 1. The number of aromatic amines is 1. The van der Waals surface area contributed by atoms with Crippen LogP contribution >= 0.6 is 0 Å². The maximum absolute atomic E-state index is 6.02. The van der Waals surface area contributed by atoms with Gasteiger partial charge >= 0.3 is 6.01 Å². The van der Waals surface area contributed by atoms with Crippen molar-refractivity contribution < 1.29 is 9.47 Å². The van der Waals surface area contributed by atoms with Gasteiger partial charge in [0.2, 0.25) is 0 Å². The van der Waals surface area contributed by atoms with Crippen molar-refractivity contribution in [3.63, 3.8) is 0 Å². The minimum Gasteiger partial charge on any atom is -0.490 e. The number of nitrogens with one attached hydrogen (secondary N) is 2. The first-order valence-electron chi connectivity index (χ1n) is 11.2. The second-order valence-corrected chi connectivity index (χ2v) is 7.65. The number of ether oxygens (including phenoxy) is 2. The fourth-order valence-electron chi connectivity index (χ4n) is 3.65. The van der Waals surface area contributed by atoms with E-state index in [1.54, 1.807) is 4.68 Å². The molecule has 0 aliphatic rings. The molecule has 2 N–H and O–H groups in total. The second-order valence-electron chi connectivity index (χ2n) is 7.65. The molecule has 5 rings (SSSR count). The summed E-state index contributed by atoms with van der Waals surface area (Å²) in [4.78, 5) is 7.98. The van der Waals surface area contributed by atoms with Gasteiger partial charge in [-0.2, -0.15) is 4.68 Å². The number of H-pyrrole nitrogens is 1. The predicted molar refractivity (Wildman–Crippen MR) is 128 cm³/mol. The van der Waals surface area contributed by atoms with E-state index in [-0.39, 0.29) is 6.01 Å². The summed E-state index contributed by atoms with van der Waals surface area (Å²) < 4.78 is 13.4. The highest BCUT2D eigenvalue weighted by Crippen LogP contribution is 2.32. The van der Waals surface area contributed by atoms with Crippen LogP contribution in [0.15, 0.2) is 72.8 Å². The van der Waals surface area contributed by atoms with Crippen LogP contribution in [0.5, 0.6) is 17.5 Å². The summed E-state index contributed by atoms with van der Waals surface area (Å²) >= 11 is 0. The van der Waals surface area contributed by atoms with Crippen LogP contribution in [0.1, 0.15) is 18.3 Å².